The molecule has 0 bridgehead atoms. The molecule has 0 aliphatic rings. The monoisotopic (exact) mass is 204 g/mol. The molecule has 5 heteroatoms. The molecule has 12 heavy (non-hydrogen) atoms. The Morgan fingerprint density at radius 1 is 1.25 bits per heavy atom. The van der Waals surface area contributed by atoms with Crippen molar-refractivity contribution >= 4 is 30.3 Å². The van der Waals surface area contributed by atoms with E-state index in [2.05, 4.69) is 0 Å². The van der Waals surface area contributed by atoms with E-state index in [4.69, 9.17) is 33.2 Å². The molecule has 2 nitrogen and oxygen atoms in total. The molecule has 0 fully saturated rings. The van der Waals surface area contributed by atoms with Gasteiger partial charge in [0.05, 0.1) is 0 Å². The molecule has 1 aromatic rings. The van der Waals surface area contributed by atoms with E-state index in [0.717, 1.165) is 0 Å². The predicted octanol–water partition coefficient (Wildman–Crippen LogP) is 1.55. The maximum atomic E-state index is 8.67. The molecule has 0 aliphatic carbocycles. The molecule has 1 aromatic carbocycles. The largest absolute Gasteiger partial charge is 0.456 e. The summed E-state index contributed by atoms with van der Waals surface area (Å²) in [6, 6.07) is 4.89. The fourth-order valence-electron chi connectivity index (χ4n) is 0.896. The molecule has 1 rings (SSSR count). The van der Waals surface area contributed by atoms with Crippen LogP contribution in [0.5, 0.6) is 0 Å². The van der Waals surface area contributed by atoms with Gasteiger partial charge in [0.2, 0.25) is 0 Å². The number of hydrogen-bond acceptors (Lipinski definition) is 2. The average molecular weight is 205 g/mol. The van der Waals surface area contributed by atoms with E-state index in [1.165, 1.54) is 0 Å². The van der Waals surface area contributed by atoms with E-state index >= 15 is 0 Å². The van der Waals surface area contributed by atoms with Crippen LogP contribution in [-0.4, -0.2) is 17.2 Å². The molecular weight excluding hydrogens is 198 g/mol. The SMILES string of the molecule is OB(O)Cc1cc(Cl)ccc1Cl. The summed E-state index contributed by atoms with van der Waals surface area (Å²) in [5.41, 5.74) is 0.638. The summed E-state index contributed by atoms with van der Waals surface area (Å²) in [4.78, 5) is 0. The molecular formula is C7H7BCl2O2. The summed E-state index contributed by atoms with van der Waals surface area (Å²) >= 11 is 11.4. The van der Waals surface area contributed by atoms with E-state index in [-0.39, 0.29) is 6.32 Å². The normalized spacial score (nSPS) is 10.0. The number of hydrogen-bond donors (Lipinski definition) is 2. The van der Waals surface area contributed by atoms with Crippen LogP contribution < -0.4 is 0 Å². The van der Waals surface area contributed by atoms with Crippen LogP contribution >= 0.6 is 23.2 Å². The van der Waals surface area contributed by atoms with Gasteiger partial charge in [0.15, 0.2) is 0 Å². The Morgan fingerprint density at radius 2 is 1.92 bits per heavy atom. The molecule has 2 N–H and O–H groups in total. The van der Waals surface area contributed by atoms with E-state index < -0.39 is 7.12 Å². The molecule has 0 spiro atoms. The first-order valence-electron chi connectivity index (χ1n) is 3.39. The minimum Gasteiger partial charge on any atom is -0.427 e. The van der Waals surface area contributed by atoms with E-state index in [0.29, 0.717) is 15.6 Å². The smallest absolute Gasteiger partial charge is 0.427 e. The summed E-state index contributed by atoms with van der Waals surface area (Å²) in [7, 11) is -1.39. The van der Waals surface area contributed by atoms with Gasteiger partial charge in [-0.2, -0.15) is 0 Å². The van der Waals surface area contributed by atoms with Gasteiger partial charge in [0.1, 0.15) is 0 Å². The summed E-state index contributed by atoms with van der Waals surface area (Å²) in [5.74, 6) is 0. The minimum absolute atomic E-state index is 0.0966. The summed E-state index contributed by atoms with van der Waals surface area (Å²) < 4.78 is 0. The second kappa shape index (κ2) is 4.14. The highest BCUT2D eigenvalue weighted by Crippen LogP contribution is 2.20. The third-order valence-corrected chi connectivity index (χ3v) is 2.01. The fraction of sp³-hybridized carbons (Fsp3) is 0.143. The number of halogens is 2. The topological polar surface area (TPSA) is 40.5 Å². The maximum Gasteiger partial charge on any atom is 0.456 e. The Hall–Kier alpha value is -0.215. The van der Waals surface area contributed by atoms with Gasteiger partial charge in [0, 0.05) is 16.4 Å². The van der Waals surface area contributed by atoms with Crippen LogP contribution in [0.25, 0.3) is 0 Å². The van der Waals surface area contributed by atoms with Crippen LogP contribution in [0.2, 0.25) is 10.0 Å². The van der Waals surface area contributed by atoms with Crippen molar-refractivity contribution in [3.8, 4) is 0 Å². The van der Waals surface area contributed by atoms with Gasteiger partial charge in [-0.1, -0.05) is 23.2 Å². The first-order chi connectivity index (χ1) is 5.59. The van der Waals surface area contributed by atoms with E-state index in [1.807, 2.05) is 0 Å². The van der Waals surface area contributed by atoms with Gasteiger partial charge < -0.3 is 10.0 Å². The Balaban J connectivity index is 2.90. The van der Waals surface area contributed by atoms with Crippen molar-refractivity contribution in [2.24, 2.45) is 0 Å². The number of benzene rings is 1. The van der Waals surface area contributed by atoms with Crippen molar-refractivity contribution in [2.75, 3.05) is 0 Å². The van der Waals surface area contributed by atoms with Gasteiger partial charge in [-0.15, -0.1) is 0 Å². The van der Waals surface area contributed by atoms with Gasteiger partial charge in [0.25, 0.3) is 0 Å². The van der Waals surface area contributed by atoms with Crippen LogP contribution in [0.3, 0.4) is 0 Å². The first-order valence-corrected chi connectivity index (χ1v) is 4.15. The first kappa shape index (κ1) is 9.87. The Labute approximate surface area is 80.9 Å². The molecule has 0 amide bonds. The maximum absolute atomic E-state index is 8.67. The quantitative estimate of drug-likeness (QED) is 0.718. The lowest BCUT2D eigenvalue weighted by Gasteiger charge is -2.02. The molecule has 0 aliphatic heterocycles. The molecule has 0 saturated heterocycles. The Kier molecular flexibility index (Phi) is 3.41. The van der Waals surface area contributed by atoms with Crippen molar-refractivity contribution in [2.45, 2.75) is 6.32 Å². The molecule has 64 valence electrons. The van der Waals surface area contributed by atoms with Gasteiger partial charge in [-0.25, -0.2) is 0 Å². The Morgan fingerprint density at radius 3 is 2.50 bits per heavy atom. The fourth-order valence-corrected chi connectivity index (χ4v) is 1.29. The highest BCUT2D eigenvalue weighted by Gasteiger charge is 2.10. The predicted molar refractivity (Wildman–Crippen MR) is 50.4 cm³/mol. The van der Waals surface area contributed by atoms with Crippen LogP contribution in [0, 0.1) is 0 Å². The molecule has 0 saturated carbocycles. The van der Waals surface area contributed by atoms with Crippen LogP contribution in [0.1, 0.15) is 5.56 Å². The minimum atomic E-state index is -1.39. The van der Waals surface area contributed by atoms with E-state index in [1.54, 1.807) is 18.2 Å². The Bertz CT molecular complexity index is 278. The second-order valence-electron chi connectivity index (χ2n) is 2.42. The number of rotatable bonds is 2. The highest BCUT2D eigenvalue weighted by molar-refractivity contribution is 6.41. The zero-order valence-electron chi connectivity index (χ0n) is 6.17. The zero-order chi connectivity index (χ0) is 9.14. The molecule has 0 unspecified atom stereocenters. The van der Waals surface area contributed by atoms with Crippen molar-refractivity contribution in [3.63, 3.8) is 0 Å². The van der Waals surface area contributed by atoms with Crippen LogP contribution in [0.15, 0.2) is 18.2 Å². The van der Waals surface area contributed by atoms with Crippen molar-refractivity contribution in [1.29, 1.82) is 0 Å². The molecule has 0 heterocycles. The third-order valence-electron chi connectivity index (χ3n) is 1.41. The van der Waals surface area contributed by atoms with Crippen molar-refractivity contribution in [3.05, 3.63) is 33.8 Å². The lowest BCUT2D eigenvalue weighted by atomic mass is 9.82. The van der Waals surface area contributed by atoms with Crippen LogP contribution in [-0.2, 0) is 6.32 Å². The van der Waals surface area contributed by atoms with Gasteiger partial charge in [-0.05, 0) is 23.8 Å². The van der Waals surface area contributed by atoms with Crippen molar-refractivity contribution in [1.82, 2.24) is 0 Å². The summed E-state index contributed by atoms with van der Waals surface area (Å²) in [5, 5.41) is 18.4. The average Bonchev–Trinajstić information content (AvgIpc) is 1.96. The second-order valence-corrected chi connectivity index (χ2v) is 3.26. The molecule has 0 radical (unpaired) electrons. The lowest BCUT2D eigenvalue weighted by molar-refractivity contribution is 0.405. The van der Waals surface area contributed by atoms with Crippen molar-refractivity contribution < 1.29 is 10.0 Å². The van der Waals surface area contributed by atoms with Gasteiger partial charge >= 0.3 is 7.12 Å². The molecule has 0 atom stereocenters. The third kappa shape index (κ3) is 2.68. The molecule has 0 aromatic heterocycles. The summed E-state index contributed by atoms with van der Waals surface area (Å²) in [6.45, 7) is 0. The lowest BCUT2D eigenvalue weighted by Crippen LogP contribution is -2.15. The van der Waals surface area contributed by atoms with E-state index in [9.17, 15) is 0 Å². The van der Waals surface area contributed by atoms with Crippen LogP contribution in [0.4, 0.5) is 0 Å². The zero-order valence-corrected chi connectivity index (χ0v) is 7.68. The summed E-state index contributed by atoms with van der Waals surface area (Å²) in [6.07, 6.45) is 0.0966. The van der Waals surface area contributed by atoms with Gasteiger partial charge in [-0.3, -0.25) is 0 Å². The highest BCUT2D eigenvalue weighted by atomic mass is 35.5. The standard InChI is InChI=1S/C7H7BCl2O2/c9-6-1-2-7(10)5(3-6)4-8(11)12/h1-3,11-12H,4H2.